The number of thiophene rings is 1. The van der Waals surface area contributed by atoms with E-state index in [1.165, 1.54) is 0 Å². The first kappa shape index (κ1) is 15.8. The fraction of sp³-hybridized carbons (Fsp3) is 0.278. The van der Waals surface area contributed by atoms with Crippen LogP contribution >= 0.6 is 22.9 Å². The maximum absolute atomic E-state index is 5.96. The highest BCUT2D eigenvalue weighted by Crippen LogP contribution is 2.26. The van der Waals surface area contributed by atoms with Gasteiger partial charge in [0.05, 0.1) is 23.3 Å². The van der Waals surface area contributed by atoms with Crippen molar-refractivity contribution in [1.82, 2.24) is 9.88 Å². The van der Waals surface area contributed by atoms with Crippen LogP contribution in [0.1, 0.15) is 17.4 Å². The molecule has 2 aromatic heterocycles. The van der Waals surface area contributed by atoms with Gasteiger partial charge in [-0.2, -0.15) is 0 Å². The zero-order valence-electron chi connectivity index (χ0n) is 13.0. The molecule has 1 atom stereocenters. The van der Waals surface area contributed by atoms with Crippen molar-refractivity contribution in [2.24, 2.45) is 0 Å². The number of halogens is 1. The summed E-state index contributed by atoms with van der Waals surface area (Å²) in [6.45, 7) is 3.21. The number of morpholine rings is 1. The zero-order chi connectivity index (χ0) is 16.4. The molecule has 0 radical (unpaired) electrons. The fourth-order valence-electron chi connectivity index (χ4n) is 2.85. The summed E-state index contributed by atoms with van der Waals surface area (Å²) in [5, 5.41) is 2.77. The number of ether oxygens (including phenoxy) is 1. The van der Waals surface area contributed by atoms with E-state index in [-0.39, 0.29) is 6.10 Å². The summed E-state index contributed by atoms with van der Waals surface area (Å²) in [5.74, 6) is 0.697. The van der Waals surface area contributed by atoms with Crippen molar-refractivity contribution in [3.63, 3.8) is 0 Å². The number of benzene rings is 1. The standard InChI is InChI=1S/C18H17ClN2O2S/c19-14-5-3-13(4-6-14)16-11-21(7-8-22-16)10-15-12-23-18(20-15)17-2-1-9-24-17/h1-6,9,12,16H,7-8,10-11H2/t16-/m1/s1. The maximum atomic E-state index is 5.96. The largest absolute Gasteiger partial charge is 0.444 e. The van der Waals surface area contributed by atoms with E-state index in [2.05, 4.69) is 9.88 Å². The lowest BCUT2D eigenvalue weighted by Gasteiger charge is -2.32. The lowest BCUT2D eigenvalue weighted by molar-refractivity contribution is -0.0332. The van der Waals surface area contributed by atoms with E-state index in [4.69, 9.17) is 20.8 Å². The molecular formula is C18H17ClN2O2S. The van der Waals surface area contributed by atoms with Crippen molar-refractivity contribution in [2.45, 2.75) is 12.6 Å². The third kappa shape index (κ3) is 3.54. The molecule has 0 unspecified atom stereocenters. The molecule has 4 rings (SSSR count). The van der Waals surface area contributed by atoms with Crippen LogP contribution in [0.4, 0.5) is 0 Å². The average molecular weight is 361 g/mol. The third-order valence-corrected chi connectivity index (χ3v) is 5.17. The first-order chi connectivity index (χ1) is 11.8. The van der Waals surface area contributed by atoms with Gasteiger partial charge < -0.3 is 9.15 Å². The predicted molar refractivity (Wildman–Crippen MR) is 95.2 cm³/mol. The average Bonchev–Trinajstić information content (AvgIpc) is 3.27. The SMILES string of the molecule is Clc1ccc([C@H]2CN(Cc3coc(-c4cccs4)n3)CCO2)cc1. The molecule has 1 aromatic carbocycles. The molecule has 0 spiro atoms. The van der Waals surface area contributed by atoms with Gasteiger partial charge in [0.25, 0.3) is 0 Å². The van der Waals surface area contributed by atoms with Crippen molar-refractivity contribution in [2.75, 3.05) is 19.7 Å². The van der Waals surface area contributed by atoms with E-state index in [1.807, 2.05) is 41.8 Å². The molecular weight excluding hydrogens is 344 g/mol. The zero-order valence-corrected chi connectivity index (χ0v) is 14.6. The number of nitrogens with zero attached hydrogens (tertiary/aromatic N) is 2. The van der Waals surface area contributed by atoms with Crippen LogP contribution in [0.15, 0.2) is 52.5 Å². The monoisotopic (exact) mass is 360 g/mol. The smallest absolute Gasteiger partial charge is 0.236 e. The summed E-state index contributed by atoms with van der Waals surface area (Å²) in [5.41, 5.74) is 2.11. The summed E-state index contributed by atoms with van der Waals surface area (Å²) in [7, 11) is 0. The van der Waals surface area contributed by atoms with E-state index >= 15 is 0 Å². The second-order valence-electron chi connectivity index (χ2n) is 5.77. The summed E-state index contributed by atoms with van der Waals surface area (Å²) in [6, 6.07) is 11.9. The molecule has 24 heavy (non-hydrogen) atoms. The molecule has 0 saturated carbocycles. The Morgan fingerprint density at radius 1 is 1.25 bits per heavy atom. The molecule has 3 heterocycles. The first-order valence-electron chi connectivity index (χ1n) is 7.85. The molecule has 1 fully saturated rings. The highest BCUT2D eigenvalue weighted by molar-refractivity contribution is 7.13. The Morgan fingerprint density at radius 3 is 2.92 bits per heavy atom. The van der Waals surface area contributed by atoms with Crippen molar-refractivity contribution >= 4 is 22.9 Å². The minimum Gasteiger partial charge on any atom is -0.444 e. The van der Waals surface area contributed by atoms with Gasteiger partial charge in [0.2, 0.25) is 5.89 Å². The van der Waals surface area contributed by atoms with Crippen LogP contribution in [-0.4, -0.2) is 29.6 Å². The molecule has 0 amide bonds. The maximum Gasteiger partial charge on any atom is 0.236 e. The molecule has 0 N–H and O–H groups in total. The van der Waals surface area contributed by atoms with E-state index < -0.39 is 0 Å². The van der Waals surface area contributed by atoms with E-state index in [9.17, 15) is 0 Å². The summed E-state index contributed by atoms with van der Waals surface area (Å²) in [6.07, 6.45) is 1.82. The van der Waals surface area contributed by atoms with E-state index in [0.717, 1.165) is 40.8 Å². The van der Waals surface area contributed by atoms with Gasteiger partial charge in [-0.25, -0.2) is 4.98 Å². The van der Waals surface area contributed by atoms with Crippen molar-refractivity contribution < 1.29 is 9.15 Å². The Labute approximate surface area is 149 Å². The van der Waals surface area contributed by atoms with Crippen LogP contribution in [0, 0.1) is 0 Å². The number of oxazole rings is 1. The molecule has 6 heteroatoms. The Balaban J connectivity index is 1.42. The Bertz CT molecular complexity index is 786. The van der Waals surface area contributed by atoms with Crippen molar-refractivity contribution in [3.8, 4) is 10.8 Å². The van der Waals surface area contributed by atoms with Gasteiger partial charge in [0.15, 0.2) is 0 Å². The van der Waals surface area contributed by atoms with Crippen LogP contribution in [0.5, 0.6) is 0 Å². The van der Waals surface area contributed by atoms with Gasteiger partial charge in [0, 0.05) is 24.7 Å². The van der Waals surface area contributed by atoms with Crippen LogP contribution < -0.4 is 0 Å². The van der Waals surface area contributed by atoms with Gasteiger partial charge in [-0.15, -0.1) is 11.3 Å². The highest BCUT2D eigenvalue weighted by Gasteiger charge is 2.23. The Morgan fingerprint density at radius 2 is 2.12 bits per heavy atom. The molecule has 0 aliphatic carbocycles. The number of rotatable bonds is 4. The second kappa shape index (κ2) is 7.07. The molecule has 1 aliphatic rings. The van der Waals surface area contributed by atoms with E-state index in [1.54, 1.807) is 17.6 Å². The third-order valence-electron chi connectivity index (χ3n) is 4.06. The quantitative estimate of drug-likeness (QED) is 0.680. The van der Waals surface area contributed by atoms with Crippen LogP contribution in [0.2, 0.25) is 5.02 Å². The van der Waals surface area contributed by atoms with Gasteiger partial charge in [-0.3, -0.25) is 4.90 Å². The van der Waals surface area contributed by atoms with Crippen LogP contribution in [0.3, 0.4) is 0 Å². The first-order valence-corrected chi connectivity index (χ1v) is 9.11. The van der Waals surface area contributed by atoms with Gasteiger partial charge in [-0.05, 0) is 29.1 Å². The summed E-state index contributed by atoms with van der Waals surface area (Å²) >= 11 is 7.60. The molecule has 1 aliphatic heterocycles. The molecule has 3 aromatic rings. The number of aromatic nitrogens is 1. The normalized spacial score (nSPS) is 18.8. The van der Waals surface area contributed by atoms with Crippen molar-refractivity contribution in [3.05, 3.63) is 64.3 Å². The number of hydrogen-bond donors (Lipinski definition) is 0. The minimum atomic E-state index is 0.0692. The predicted octanol–water partition coefficient (Wildman–Crippen LogP) is 4.63. The lowest BCUT2D eigenvalue weighted by atomic mass is 10.1. The second-order valence-corrected chi connectivity index (χ2v) is 7.15. The highest BCUT2D eigenvalue weighted by atomic mass is 35.5. The molecule has 124 valence electrons. The fourth-order valence-corrected chi connectivity index (χ4v) is 3.63. The number of hydrogen-bond acceptors (Lipinski definition) is 5. The van der Waals surface area contributed by atoms with Crippen LogP contribution in [0.25, 0.3) is 10.8 Å². The summed E-state index contributed by atoms with van der Waals surface area (Å²) < 4.78 is 11.5. The molecule has 4 nitrogen and oxygen atoms in total. The van der Waals surface area contributed by atoms with Gasteiger partial charge in [0.1, 0.15) is 6.26 Å². The van der Waals surface area contributed by atoms with Gasteiger partial charge in [-0.1, -0.05) is 29.8 Å². The Hall–Kier alpha value is -1.66. The van der Waals surface area contributed by atoms with E-state index in [0.29, 0.717) is 12.5 Å². The van der Waals surface area contributed by atoms with Crippen LogP contribution in [-0.2, 0) is 11.3 Å². The Kier molecular flexibility index (Phi) is 4.67. The topological polar surface area (TPSA) is 38.5 Å². The molecule has 0 bridgehead atoms. The summed E-state index contributed by atoms with van der Waals surface area (Å²) in [4.78, 5) is 8.00. The van der Waals surface area contributed by atoms with Gasteiger partial charge >= 0.3 is 0 Å². The molecule has 1 saturated heterocycles. The minimum absolute atomic E-state index is 0.0692. The lowest BCUT2D eigenvalue weighted by Crippen LogP contribution is -2.37. The van der Waals surface area contributed by atoms with Crippen molar-refractivity contribution in [1.29, 1.82) is 0 Å².